The van der Waals surface area contributed by atoms with E-state index in [1.54, 1.807) is 20.8 Å². The molecule has 0 aromatic carbocycles. The van der Waals surface area contributed by atoms with Gasteiger partial charge in [0.15, 0.2) is 0 Å². The monoisotopic (exact) mass is 280 g/mol. The fourth-order valence-electron chi connectivity index (χ4n) is 1.80. The number of hydrogen-bond acceptors (Lipinski definition) is 4. The van der Waals surface area contributed by atoms with Gasteiger partial charge in [-0.25, -0.2) is 13.6 Å². The van der Waals surface area contributed by atoms with Crippen molar-refractivity contribution in [3.05, 3.63) is 0 Å². The van der Waals surface area contributed by atoms with Crippen molar-refractivity contribution in [3.63, 3.8) is 0 Å². The minimum atomic E-state index is -2.76. The lowest BCUT2D eigenvalue weighted by Crippen LogP contribution is -2.66. The van der Waals surface area contributed by atoms with Crippen LogP contribution >= 0.6 is 0 Å². The minimum absolute atomic E-state index is 0.0173. The van der Waals surface area contributed by atoms with Gasteiger partial charge in [-0.05, 0) is 27.7 Å². The number of carbonyl (C=O) groups excluding carboxylic acids is 1. The number of halogens is 2. The molecule has 1 fully saturated rings. The summed E-state index contributed by atoms with van der Waals surface area (Å²) in [5.74, 6) is 0. The van der Waals surface area contributed by atoms with E-state index < -0.39 is 29.7 Å². The van der Waals surface area contributed by atoms with Crippen LogP contribution in [-0.2, 0) is 9.47 Å². The lowest BCUT2D eigenvalue weighted by molar-refractivity contribution is -0.0773. The summed E-state index contributed by atoms with van der Waals surface area (Å²) in [5.41, 5.74) is 3.13. The Labute approximate surface area is 112 Å². The molecule has 2 N–H and O–H groups in total. The fraction of sp³-hybridized carbons (Fsp3) is 0.917. The van der Waals surface area contributed by atoms with Gasteiger partial charge in [0.1, 0.15) is 5.60 Å². The van der Waals surface area contributed by atoms with Gasteiger partial charge >= 0.3 is 6.09 Å². The Morgan fingerprint density at radius 1 is 1.42 bits per heavy atom. The van der Waals surface area contributed by atoms with Crippen LogP contribution in [-0.4, -0.2) is 54.4 Å². The molecule has 1 amide bonds. The van der Waals surface area contributed by atoms with Crippen molar-refractivity contribution in [2.75, 3.05) is 19.8 Å². The molecule has 0 bridgehead atoms. The van der Waals surface area contributed by atoms with E-state index in [0.717, 1.165) is 0 Å². The van der Waals surface area contributed by atoms with Crippen LogP contribution in [0.3, 0.4) is 0 Å². The van der Waals surface area contributed by atoms with Gasteiger partial charge in [0.2, 0.25) is 0 Å². The Kier molecular flexibility index (Phi) is 4.73. The van der Waals surface area contributed by atoms with Crippen molar-refractivity contribution in [3.8, 4) is 0 Å². The SMILES string of the molecule is CC(C)(C)OC(=O)N1CCOCC1C(C)(N)C(F)F. The highest BCUT2D eigenvalue weighted by molar-refractivity contribution is 5.69. The average molecular weight is 280 g/mol. The first-order valence-corrected chi connectivity index (χ1v) is 6.20. The first-order chi connectivity index (χ1) is 8.55. The molecule has 0 saturated carbocycles. The molecule has 0 radical (unpaired) electrons. The van der Waals surface area contributed by atoms with Gasteiger partial charge in [-0.15, -0.1) is 0 Å². The lowest BCUT2D eigenvalue weighted by atomic mass is 9.92. The molecule has 0 aromatic heterocycles. The largest absolute Gasteiger partial charge is 0.444 e. The van der Waals surface area contributed by atoms with E-state index in [-0.39, 0.29) is 19.8 Å². The van der Waals surface area contributed by atoms with Gasteiger partial charge in [-0.2, -0.15) is 0 Å². The molecule has 19 heavy (non-hydrogen) atoms. The third-order valence-corrected chi connectivity index (χ3v) is 2.94. The minimum Gasteiger partial charge on any atom is -0.444 e. The second kappa shape index (κ2) is 5.58. The fourth-order valence-corrected chi connectivity index (χ4v) is 1.80. The number of carbonyl (C=O) groups is 1. The summed E-state index contributed by atoms with van der Waals surface area (Å²) < 4.78 is 36.4. The first-order valence-electron chi connectivity index (χ1n) is 6.20. The predicted molar refractivity (Wildman–Crippen MR) is 66.1 cm³/mol. The molecule has 1 saturated heterocycles. The highest BCUT2D eigenvalue weighted by atomic mass is 19.3. The van der Waals surface area contributed by atoms with E-state index in [2.05, 4.69) is 0 Å². The van der Waals surface area contributed by atoms with Gasteiger partial charge in [-0.1, -0.05) is 0 Å². The number of morpholine rings is 1. The molecule has 2 unspecified atom stereocenters. The third kappa shape index (κ3) is 4.01. The van der Waals surface area contributed by atoms with E-state index in [1.165, 1.54) is 11.8 Å². The van der Waals surface area contributed by atoms with Gasteiger partial charge in [0.25, 0.3) is 6.43 Å². The average Bonchev–Trinajstić information content (AvgIpc) is 2.26. The Balaban J connectivity index is 2.87. The topological polar surface area (TPSA) is 64.8 Å². The highest BCUT2D eigenvalue weighted by Gasteiger charge is 2.46. The van der Waals surface area contributed by atoms with E-state index in [9.17, 15) is 13.6 Å². The van der Waals surface area contributed by atoms with Gasteiger partial charge in [-0.3, -0.25) is 4.90 Å². The van der Waals surface area contributed by atoms with Crippen molar-refractivity contribution < 1.29 is 23.0 Å². The predicted octanol–water partition coefficient (Wildman–Crippen LogP) is 1.60. The first kappa shape index (κ1) is 16.1. The number of ether oxygens (including phenoxy) is 2. The van der Waals surface area contributed by atoms with Crippen LogP contribution in [0.15, 0.2) is 0 Å². The highest BCUT2D eigenvalue weighted by Crippen LogP contribution is 2.25. The second-order valence-corrected chi connectivity index (χ2v) is 5.93. The van der Waals surface area contributed by atoms with E-state index in [1.807, 2.05) is 0 Å². The number of nitrogens with zero attached hydrogens (tertiary/aromatic N) is 1. The van der Waals surface area contributed by atoms with Gasteiger partial charge < -0.3 is 15.2 Å². The zero-order chi connectivity index (χ0) is 14.8. The van der Waals surface area contributed by atoms with Crippen molar-refractivity contribution in [2.24, 2.45) is 5.73 Å². The maximum atomic E-state index is 13.0. The molecule has 112 valence electrons. The number of nitrogens with two attached hydrogens (primary N) is 1. The molecule has 1 rings (SSSR count). The standard InChI is InChI=1S/C12H22F2N2O3/c1-11(2,3)19-10(17)16-5-6-18-7-8(16)12(4,15)9(13)14/h8-9H,5-7,15H2,1-4H3. The lowest BCUT2D eigenvalue weighted by Gasteiger charge is -2.43. The van der Waals surface area contributed by atoms with Crippen LogP contribution in [0.2, 0.25) is 0 Å². The van der Waals surface area contributed by atoms with Gasteiger partial charge in [0.05, 0.1) is 24.8 Å². The smallest absolute Gasteiger partial charge is 0.410 e. The molecule has 0 spiro atoms. The Morgan fingerprint density at radius 3 is 2.47 bits per heavy atom. The molecular formula is C12H22F2N2O3. The normalized spacial score (nSPS) is 24.2. The van der Waals surface area contributed by atoms with E-state index >= 15 is 0 Å². The maximum absolute atomic E-state index is 13.0. The van der Waals surface area contributed by atoms with Crippen molar-refractivity contribution in [1.29, 1.82) is 0 Å². The van der Waals surface area contributed by atoms with Crippen molar-refractivity contribution in [2.45, 2.75) is 51.3 Å². The maximum Gasteiger partial charge on any atom is 0.410 e. The molecule has 1 aliphatic heterocycles. The molecular weight excluding hydrogens is 258 g/mol. The summed E-state index contributed by atoms with van der Waals surface area (Å²) in [6, 6.07) is -0.906. The number of amides is 1. The van der Waals surface area contributed by atoms with Gasteiger partial charge in [0, 0.05) is 6.54 Å². The third-order valence-electron chi connectivity index (χ3n) is 2.94. The molecule has 2 atom stereocenters. The Hall–Kier alpha value is -0.950. The van der Waals surface area contributed by atoms with Crippen LogP contribution in [0, 0.1) is 0 Å². The summed E-state index contributed by atoms with van der Waals surface area (Å²) in [6.45, 7) is 6.83. The number of alkyl halides is 2. The van der Waals surface area contributed by atoms with E-state index in [4.69, 9.17) is 15.2 Å². The summed E-state index contributed by atoms with van der Waals surface area (Å²) in [4.78, 5) is 13.3. The van der Waals surface area contributed by atoms with Crippen molar-refractivity contribution in [1.82, 2.24) is 4.90 Å². The van der Waals surface area contributed by atoms with Crippen LogP contribution in [0.25, 0.3) is 0 Å². The Morgan fingerprint density at radius 2 is 2.00 bits per heavy atom. The Bertz CT molecular complexity index is 329. The molecule has 0 aromatic rings. The molecule has 1 aliphatic rings. The molecule has 5 nitrogen and oxygen atoms in total. The summed E-state index contributed by atoms with van der Waals surface area (Å²) >= 11 is 0. The zero-order valence-electron chi connectivity index (χ0n) is 11.8. The summed E-state index contributed by atoms with van der Waals surface area (Å²) in [5, 5.41) is 0. The molecule has 0 aliphatic carbocycles. The second-order valence-electron chi connectivity index (χ2n) is 5.93. The summed E-state index contributed by atoms with van der Waals surface area (Å²) in [6.07, 6.45) is -3.40. The zero-order valence-corrected chi connectivity index (χ0v) is 11.8. The quantitative estimate of drug-likeness (QED) is 0.834. The van der Waals surface area contributed by atoms with Crippen LogP contribution in [0.1, 0.15) is 27.7 Å². The number of rotatable bonds is 2. The van der Waals surface area contributed by atoms with Crippen LogP contribution in [0.4, 0.5) is 13.6 Å². The molecule has 1 heterocycles. The van der Waals surface area contributed by atoms with E-state index in [0.29, 0.717) is 0 Å². The molecule has 7 heteroatoms. The van der Waals surface area contributed by atoms with Crippen LogP contribution in [0.5, 0.6) is 0 Å². The summed E-state index contributed by atoms with van der Waals surface area (Å²) in [7, 11) is 0. The number of hydrogen-bond donors (Lipinski definition) is 1. The van der Waals surface area contributed by atoms with Crippen molar-refractivity contribution >= 4 is 6.09 Å². The van der Waals surface area contributed by atoms with Crippen LogP contribution < -0.4 is 5.73 Å².